The van der Waals surface area contributed by atoms with E-state index in [0.29, 0.717) is 31.9 Å². The van der Waals surface area contributed by atoms with Gasteiger partial charge in [0, 0.05) is 62.9 Å². The first-order valence-electron chi connectivity index (χ1n) is 10.1. The predicted molar refractivity (Wildman–Crippen MR) is 129 cm³/mol. The molecular formula is C19H28BIN6O3. The lowest BCUT2D eigenvalue weighted by Crippen LogP contribution is -2.46. The average Bonchev–Trinajstić information content (AvgIpc) is 2.73. The van der Waals surface area contributed by atoms with Crippen LogP contribution in [0.15, 0.2) is 12.1 Å². The first-order valence-corrected chi connectivity index (χ1v) is 11.7. The molecule has 1 aromatic rings. The Kier molecular flexibility index (Phi) is 9.80. The summed E-state index contributed by atoms with van der Waals surface area (Å²) in [4.78, 5) is 30.3. The zero-order chi connectivity index (χ0) is 22.1. The molecule has 2 rings (SSSR count). The van der Waals surface area contributed by atoms with Crippen LogP contribution in [0, 0.1) is 21.4 Å². The second-order valence-electron chi connectivity index (χ2n) is 7.33. The van der Waals surface area contributed by atoms with E-state index in [2.05, 4.69) is 50.8 Å². The second-order valence-corrected chi connectivity index (χ2v) is 8.41. The Bertz CT molecular complexity index is 789. The fraction of sp³-hybridized carbons (Fsp3) is 0.579. The number of rotatable bonds is 10. The number of nitrogens with one attached hydrogen (secondary N) is 1. The summed E-state index contributed by atoms with van der Waals surface area (Å²) in [6, 6.07) is 4.78. The summed E-state index contributed by atoms with van der Waals surface area (Å²) < 4.78 is 0.839. The Labute approximate surface area is 192 Å². The monoisotopic (exact) mass is 526 g/mol. The van der Waals surface area contributed by atoms with Crippen LogP contribution in [0.3, 0.4) is 0 Å². The fourth-order valence-corrected chi connectivity index (χ4v) is 4.06. The average molecular weight is 526 g/mol. The summed E-state index contributed by atoms with van der Waals surface area (Å²) in [5.41, 5.74) is 0.458. The minimum absolute atomic E-state index is 0.00180. The van der Waals surface area contributed by atoms with Crippen molar-refractivity contribution in [2.45, 2.75) is 6.32 Å². The first kappa shape index (κ1) is 24.4. The van der Waals surface area contributed by atoms with Crippen molar-refractivity contribution in [2.75, 3.05) is 68.7 Å². The molecule has 1 fully saturated rings. The van der Waals surface area contributed by atoms with Crippen LogP contribution >= 0.6 is 22.6 Å². The number of nitro groups is 1. The van der Waals surface area contributed by atoms with Crippen molar-refractivity contribution >= 4 is 47.7 Å². The molecule has 1 aromatic carbocycles. The van der Waals surface area contributed by atoms with Crippen LogP contribution in [0.2, 0.25) is 6.32 Å². The smallest absolute Gasteiger partial charge is 0.283 e. The molecule has 0 atom stereocenters. The van der Waals surface area contributed by atoms with E-state index in [0.717, 1.165) is 36.9 Å². The molecule has 11 heteroatoms. The Hall–Kier alpha value is -1.91. The number of hydrogen-bond acceptors (Lipinski definition) is 7. The van der Waals surface area contributed by atoms with E-state index in [1.165, 1.54) is 12.1 Å². The number of piperazine rings is 1. The Morgan fingerprint density at radius 1 is 1.37 bits per heavy atom. The number of anilines is 1. The van der Waals surface area contributed by atoms with Gasteiger partial charge in [0.05, 0.1) is 16.2 Å². The molecule has 1 N–H and O–H groups in total. The minimum Gasteiger partial charge on any atom is -0.370 e. The van der Waals surface area contributed by atoms with Crippen LogP contribution in [0.4, 0.5) is 11.4 Å². The zero-order valence-electron chi connectivity index (χ0n) is 17.6. The van der Waals surface area contributed by atoms with Crippen molar-refractivity contribution in [2.24, 2.45) is 0 Å². The van der Waals surface area contributed by atoms with Gasteiger partial charge in [-0.1, -0.05) is 28.9 Å². The molecule has 9 nitrogen and oxygen atoms in total. The number of amides is 1. The number of carbonyl (C=O) groups is 1. The van der Waals surface area contributed by atoms with Crippen molar-refractivity contribution in [3.8, 4) is 6.07 Å². The van der Waals surface area contributed by atoms with E-state index < -0.39 is 10.8 Å². The van der Waals surface area contributed by atoms with Crippen molar-refractivity contribution in [1.29, 1.82) is 5.26 Å². The third-order valence-corrected chi connectivity index (χ3v) is 5.66. The van der Waals surface area contributed by atoms with Gasteiger partial charge in [-0.2, -0.15) is 5.26 Å². The van der Waals surface area contributed by atoms with E-state index in [9.17, 15) is 20.2 Å². The highest BCUT2D eigenvalue weighted by Crippen LogP contribution is 2.30. The molecule has 0 saturated carbocycles. The van der Waals surface area contributed by atoms with Crippen molar-refractivity contribution < 1.29 is 9.72 Å². The molecule has 1 saturated heterocycles. The molecule has 30 heavy (non-hydrogen) atoms. The highest BCUT2D eigenvalue weighted by atomic mass is 127. The van der Waals surface area contributed by atoms with E-state index in [1.54, 1.807) is 0 Å². The van der Waals surface area contributed by atoms with Crippen molar-refractivity contribution in [3.05, 3.63) is 33.4 Å². The van der Waals surface area contributed by atoms with E-state index in [1.807, 2.05) is 12.7 Å². The number of benzene rings is 1. The van der Waals surface area contributed by atoms with Crippen LogP contribution in [-0.4, -0.2) is 92.3 Å². The summed E-state index contributed by atoms with van der Waals surface area (Å²) in [7, 11) is 4.12. The summed E-state index contributed by atoms with van der Waals surface area (Å²) in [6.07, 6.45) is 0.866. The van der Waals surface area contributed by atoms with Gasteiger partial charge in [-0.05, 0) is 13.1 Å². The molecule has 0 aromatic heterocycles. The maximum Gasteiger partial charge on any atom is 0.283 e. The molecule has 0 bridgehead atoms. The van der Waals surface area contributed by atoms with E-state index in [4.69, 9.17) is 0 Å². The molecule has 1 amide bonds. The van der Waals surface area contributed by atoms with Crippen LogP contribution in [-0.2, 0) is 0 Å². The number of alkyl halides is 1. The fourth-order valence-electron chi connectivity index (χ4n) is 3.48. The van der Waals surface area contributed by atoms with Crippen LogP contribution in [0.1, 0.15) is 15.9 Å². The normalized spacial score (nSPS) is 14.8. The Morgan fingerprint density at radius 2 is 2.07 bits per heavy atom. The van der Waals surface area contributed by atoms with Gasteiger partial charge in [0.2, 0.25) is 0 Å². The quantitative estimate of drug-likeness (QED) is 0.158. The largest absolute Gasteiger partial charge is 0.370 e. The SMILES string of the molecule is BCCN(CCI)c1cc(C(=O)NCCN2CCN(C)CC2)c([N+](=O)[O-])cc1C#N. The van der Waals surface area contributed by atoms with Crippen molar-refractivity contribution in [3.63, 3.8) is 0 Å². The molecule has 0 aliphatic carbocycles. The number of hydrogen-bond donors (Lipinski definition) is 1. The third kappa shape index (κ3) is 6.55. The molecule has 0 unspecified atom stereocenters. The maximum atomic E-state index is 12.8. The molecule has 0 spiro atoms. The topological polar surface area (TPSA) is 106 Å². The van der Waals surface area contributed by atoms with Gasteiger partial charge in [0.15, 0.2) is 0 Å². The van der Waals surface area contributed by atoms with Gasteiger partial charge >= 0.3 is 0 Å². The molecular weight excluding hydrogens is 498 g/mol. The summed E-state index contributed by atoms with van der Waals surface area (Å²) >= 11 is 2.25. The van der Waals surface area contributed by atoms with Gasteiger partial charge in [-0.25, -0.2) is 0 Å². The number of halogens is 1. The Balaban J connectivity index is 2.21. The number of nitro benzene ring substituents is 1. The standard InChI is InChI=1S/C19H28BIN6O3/c1-24-8-10-25(11-9-24)7-4-23-19(28)16-13-17(26(5-2-20)6-3-21)15(14-22)12-18(16)27(29)30/h12-13H,2-11,20H2,1H3,(H,23,28). The zero-order valence-corrected chi connectivity index (χ0v) is 19.7. The second kappa shape index (κ2) is 12.1. The number of nitriles is 1. The molecule has 1 aliphatic heterocycles. The van der Waals surface area contributed by atoms with Crippen LogP contribution < -0.4 is 10.2 Å². The lowest BCUT2D eigenvalue weighted by Gasteiger charge is -2.32. The van der Waals surface area contributed by atoms with Gasteiger partial charge < -0.3 is 15.1 Å². The van der Waals surface area contributed by atoms with Crippen molar-refractivity contribution in [1.82, 2.24) is 15.1 Å². The lowest BCUT2D eigenvalue weighted by molar-refractivity contribution is -0.385. The Morgan fingerprint density at radius 3 is 2.63 bits per heavy atom. The highest BCUT2D eigenvalue weighted by molar-refractivity contribution is 14.1. The molecule has 1 aliphatic rings. The minimum atomic E-state index is -0.595. The number of nitrogens with zero attached hydrogens (tertiary/aromatic N) is 5. The van der Waals surface area contributed by atoms with E-state index in [-0.39, 0.29) is 16.8 Å². The predicted octanol–water partition coefficient (Wildman–Crippen LogP) is 0.736. The number of likely N-dealkylation sites (N-methyl/N-ethyl adjacent to an activating group) is 1. The lowest BCUT2D eigenvalue weighted by atomic mass is 10.0. The summed E-state index contributed by atoms with van der Waals surface area (Å²) in [6.45, 7) is 6.39. The van der Waals surface area contributed by atoms with E-state index >= 15 is 0 Å². The van der Waals surface area contributed by atoms with Gasteiger partial charge in [-0.15, -0.1) is 0 Å². The molecule has 162 valence electrons. The molecule has 1 heterocycles. The summed E-state index contributed by atoms with van der Waals surface area (Å²) in [5.74, 6) is -0.479. The maximum absolute atomic E-state index is 12.8. The highest BCUT2D eigenvalue weighted by Gasteiger charge is 2.25. The summed E-state index contributed by atoms with van der Waals surface area (Å²) in [5, 5.41) is 23.9. The van der Waals surface area contributed by atoms with Gasteiger partial charge in [0.1, 0.15) is 19.5 Å². The van der Waals surface area contributed by atoms with Gasteiger partial charge in [-0.3, -0.25) is 19.8 Å². The first-order chi connectivity index (χ1) is 14.4. The van der Waals surface area contributed by atoms with Crippen LogP contribution in [0.25, 0.3) is 0 Å². The molecule has 0 radical (unpaired) electrons. The van der Waals surface area contributed by atoms with Gasteiger partial charge in [0.25, 0.3) is 11.6 Å². The van der Waals surface area contributed by atoms with Crippen LogP contribution in [0.5, 0.6) is 0 Å². The third-order valence-electron chi connectivity index (χ3n) is 5.17. The number of carbonyl (C=O) groups excluding carboxylic acids is 1.